The third kappa shape index (κ3) is 4.87. The van der Waals surface area contributed by atoms with E-state index in [0.717, 1.165) is 43.7 Å². The number of rotatable bonds is 7. The van der Waals surface area contributed by atoms with E-state index in [-0.39, 0.29) is 11.8 Å². The molecule has 1 aromatic carbocycles. The second-order valence-electron chi connectivity index (χ2n) is 6.87. The molecule has 134 valence electrons. The normalized spacial score (nSPS) is 20.1. The fraction of sp³-hybridized carbons (Fsp3) is 0.474. The number of hydrogen-bond donors (Lipinski definition) is 2. The summed E-state index contributed by atoms with van der Waals surface area (Å²) in [5.41, 5.74) is 10.8. The number of nitrogens with zero attached hydrogens (tertiary/aromatic N) is 2. The topological polar surface area (TPSA) is 71.2 Å². The van der Waals surface area contributed by atoms with Gasteiger partial charge < -0.3 is 11.1 Å². The molecule has 1 amide bonds. The predicted molar refractivity (Wildman–Crippen MR) is 102 cm³/mol. The highest BCUT2D eigenvalue weighted by molar-refractivity contribution is 7.07. The van der Waals surface area contributed by atoms with Crippen molar-refractivity contribution in [3.05, 3.63) is 46.4 Å². The zero-order valence-electron chi connectivity index (χ0n) is 14.6. The van der Waals surface area contributed by atoms with Crippen molar-refractivity contribution in [2.45, 2.75) is 32.4 Å². The van der Waals surface area contributed by atoms with E-state index in [4.69, 9.17) is 5.73 Å². The van der Waals surface area contributed by atoms with Crippen molar-refractivity contribution < 1.29 is 4.79 Å². The second kappa shape index (κ2) is 8.56. The standard InChI is InChI=1S/C19H26N4OS/c1-23(11-17-12-25-13-21-17)10-14-4-2-6-16(8-14)22-19(24)18-7-3-5-15(18)9-20/h2,4,6,8,12-13,15,18H,3,5,7,9-11,20H2,1H3,(H,22,24)/t15-,18-/m1/s1. The van der Waals surface area contributed by atoms with Crippen LogP contribution in [-0.2, 0) is 17.9 Å². The van der Waals surface area contributed by atoms with Crippen LogP contribution < -0.4 is 11.1 Å². The highest BCUT2D eigenvalue weighted by Gasteiger charge is 2.31. The van der Waals surface area contributed by atoms with Gasteiger partial charge in [0.25, 0.3) is 0 Å². The van der Waals surface area contributed by atoms with E-state index in [1.54, 1.807) is 11.3 Å². The molecular formula is C19H26N4OS. The van der Waals surface area contributed by atoms with Crippen molar-refractivity contribution in [2.24, 2.45) is 17.6 Å². The number of carbonyl (C=O) groups excluding carboxylic acids is 1. The zero-order chi connectivity index (χ0) is 17.6. The van der Waals surface area contributed by atoms with Crippen molar-refractivity contribution in [3.63, 3.8) is 0 Å². The van der Waals surface area contributed by atoms with Gasteiger partial charge in [0.05, 0.1) is 11.2 Å². The summed E-state index contributed by atoms with van der Waals surface area (Å²) in [5.74, 6) is 0.495. The molecule has 1 aromatic heterocycles. The Morgan fingerprint density at radius 3 is 3.04 bits per heavy atom. The van der Waals surface area contributed by atoms with Gasteiger partial charge in [-0.2, -0.15) is 0 Å². The second-order valence-corrected chi connectivity index (χ2v) is 7.59. The average molecular weight is 359 g/mol. The first kappa shape index (κ1) is 18.0. The molecule has 0 spiro atoms. The predicted octanol–water partition coefficient (Wildman–Crippen LogP) is 3.09. The van der Waals surface area contributed by atoms with E-state index in [9.17, 15) is 4.79 Å². The Morgan fingerprint density at radius 1 is 1.40 bits per heavy atom. The summed E-state index contributed by atoms with van der Waals surface area (Å²) in [6, 6.07) is 8.10. The lowest BCUT2D eigenvalue weighted by atomic mass is 9.95. The van der Waals surface area contributed by atoms with Gasteiger partial charge in [-0.3, -0.25) is 9.69 Å². The van der Waals surface area contributed by atoms with Crippen LogP contribution in [0.4, 0.5) is 5.69 Å². The van der Waals surface area contributed by atoms with Crippen molar-refractivity contribution in [1.29, 1.82) is 0 Å². The Balaban J connectivity index is 1.58. The van der Waals surface area contributed by atoms with Crippen LogP contribution in [0.25, 0.3) is 0 Å². The first-order chi connectivity index (χ1) is 12.2. The lowest BCUT2D eigenvalue weighted by Crippen LogP contribution is -2.29. The zero-order valence-corrected chi connectivity index (χ0v) is 15.5. The van der Waals surface area contributed by atoms with E-state index >= 15 is 0 Å². The van der Waals surface area contributed by atoms with Crippen LogP contribution in [0.5, 0.6) is 0 Å². The van der Waals surface area contributed by atoms with Crippen molar-refractivity contribution >= 4 is 22.9 Å². The number of thiazole rings is 1. The SMILES string of the molecule is CN(Cc1cccc(NC(=O)[C@@H]2CCC[C@@H]2CN)c1)Cc1cscn1. The Labute approximate surface area is 153 Å². The molecule has 1 aliphatic carbocycles. The fourth-order valence-electron chi connectivity index (χ4n) is 3.61. The summed E-state index contributed by atoms with van der Waals surface area (Å²) in [6.45, 7) is 2.23. The van der Waals surface area contributed by atoms with Crippen LogP contribution in [0.15, 0.2) is 35.2 Å². The molecule has 1 fully saturated rings. The number of benzene rings is 1. The lowest BCUT2D eigenvalue weighted by molar-refractivity contribution is -0.120. The third-order valence-corrected chi connectivity index (χ3v) is 5.50. The van der Waals surface area contributed by atoms with Gasteiger partial charge in [0, 0.05) is 30.1 Å². The van der Waals surface area contributed by atoms with Crippen molar-refractivity contribution in [1.82, 2.24) is 9.88 Å². The summed E-state index contributed by atoms with van der Waals surface area (Å²) in [6.07, 6.45) is 3.11. The summed E-state index contributed by atoms with van der Waals surface area (Å²) < 4.78 is 0. The maximum atomic E-state index is 12.5. The molecule has 2 aromatic rings. The number of hydrogen-bond acceptors (Lipinski definition) is 5. The van der Waals surface area contributed by atoms with E-state index in [0.29, 0.717) is 12.5 Å². The maximum absolute atomic E-state index is 12.5. The monoisotopic (exact) mass is 358 g/mol. The van der Waals surface area contributed by atoms with Gasteiger partial charge in [-0.15, -0.1) is 11.3 Å². The van der Waals surface area contributed by atoms with E-state index < -0.39 is 0 Å². The summed E-state index contributed by atoms with van der Waals surface area (Å²) in [4.78, 5) is 19.1. The summed E-state index contributed by atoms with van der Waals surface area (Å²) in [5, 5.41) is 5.16. The van der Waals surface area contributed by atoms with Gasteiger partial charge in [-0.05, 0) is 50.0 Å². The molecule has 3 N–H and O–H groups in total. The molecule has 0 radical (unpaired) electrons. The number of nitrogens with two attached hydrogens (primary N) is 1. The number of carbonyl (C=O) groups is 1. The minimum atomic E-state index is 0.0565. The highest BCUT2D eigenvalue weighted by atomic mass is 32.1. The molecule has 0 aliphatic heterocycles. The van der Waals surface area contributed by atoms with Crippen LogP contribution in [0.2, 0.25) is 0 Å². The summed E-state index contributed by atoms with van der Waals surface area (Å²) >= 11 is 1.62. The Kier molecular flexibility index (Phi) is 6.18. The third-order valence-electron chi connectivity index (χ3n) is 4.86. The van der Waals surface area contributed by atoms with Gasteiger partial charge >= 0.3 is 0 Å². The largest absolute Gasteiger partial charge is 0.330 e. The number of anilines is 1. The van der Waals surface area contributed by atoms with E-state index in [2.05, 4.69) is 39.8 Å². The van der Waals surface area contributed by atoms with Crippen molar-refractivity contribution in [3.8, 4) is 0 Å². The first-order valence-corrected chi connectivity index (χ1v) is 9.75. The molecule has 0 unspecified atom stereocenters. The average Bonchev–Trinajstić information content (AvgIpc) is 3.26. The molecule has 1 aliphatic rings. The van der Waals surface area contributed by atoms with Gasteiger partial charge in [-0.25, -0.2) is 4.98 Å². The lowest BCUT2D eigenvalue weighted by Gasteiger charge is -2.19. The van der Waals surface area contributed by atoms with E-state index in [1.165, 1.54) is 5.56 Å². The first-order valence-electron chi connectivity index (χ1n) is 8.81. The molecule has 0 saturated heterocycles. The van der Waals surface area contributed by atoms with Crippen LogP contribution in [0.1, 0.15) is 30.5 Å². The summed E-state index contributed by atoms with van der Waals surface area (Å²) in [7, 11) is 2.08. The minimum Gasteiger partial charge on any atom is -0.330 e. The molecule has 1 heterocycles. The molecule has 1 saturated carbocycles. The number of aromatic nitrogens is 1. The molecule has 0 bridgehead atoms. The molecule has 3 rings (SSSR count). The van der Waals surface area contributed by atoms with Crippen molar-refractivity contribution in [2.75, 3.05) is 18.9 Å². The van der Waals surface area contributed by atoms with Gasteiger partial charge in [-0.1, -0.05) is 18.6 Å². The number of amides is 1. The van der Waals surface area contributed by atoms with E-state index in [1.807, 2.05) is 17.6 Å². The molecular weight excluding hydrogens is 332 g/mol. The van der Waals surface area contributed by atoms with Gasteiger partial charge in [0.15, 0.2) is 0 Å². The highest BCUT2D eigenvalue weighted by Crippen LogP contribution is 2.31. The molecule has 25 heavy (non-hydrogen) atoms. The molecule has 5 nitrogen and oxygen atoms in total. The molecule has 2 atom stereocenters. The fourth-order valence-corrected chi connectivity index (χ4v) is 4.16. The quantitative estimate of drug-likeness (QED) is 0.798. The van der Waals surface area contributed by atoms with Crippen LogP contribution in [-0.4, -0.2) is 29.4 Å². The van der Waals surface area contributed by atoms with Crippen LogP contribution in [0.3, 0.4) is 0 Å². The number of nitrogens with one attached hydrogen (secondary N) is 1. The minimum absolute atomic E-state index is 0.0565. The van der Waals surface area contributed by atoms with Crippen LogP contribution >= 0.6 is 11.3 Å². The maximum Gasteiger partial charge on any atom is 0.227 e. The van der Waals surface area contributed by atoms with Gasteiger partial charge in [0.2, 0.25) is 5.91 Å². The smallest absolute Gasteiger partial charge is 0.227 e. The van der Waals surface area contributed by atoms with Crippen LogP contribution in [0, 0.1) is 11.8 Å². The molecule has 6 heteroatoms. The van der Waals surface area contributed by atoms with Gasteiger partial charge in [0.1, 0.15) is 0 Å². The Hall–Kier alpha value is -1.76. The Morgan fingerprint density at radius 2 is 2.28 bits per heavy atom. The Bertz CT molecular complexity index is 688.